The number of rotatable bonds is 7. The Morgan fingerprint density at radius 2 is 1.88 bits per heavy atom. The molecule has 11 nitrogen and oxygen atoms in total. The van der Waals surface area contributed by atoms with Crippen LogP contribution in [0.2, 0.25) is 0 Å². The number of furan rings is 1. The molecule has 2 saturated carbocycles. The second-order valence-electron chi connectivity index (χ2n) is 13.3. The average Bonchev–Trinajstić information content (AvgIpc) is 3.43. The zero-order valence-electron chi connectivity index (χ0n) is 24.6. The highest BCUT2D eigenvalue weighted by molar-refractivity contribution is 5.93. The SMILES string of the molecule is CCOC(=O)C[C@H](OC(C)=O)[C@]1(C)[C@H]2[C@@H](O)C[C@@]3(C)[C@H](c4ccoc4)OC(=O)[C@H]4O[C@]43[C@]2(C)C(=O)C[C@H]1C(C)(C)O. The van der Waals surface area contributed by atoms with Gasteiger partial charge in [-0.05, 0) is 40.2 Å². The number of Topliss-reactive ketones (excluding diaryl/α,β-unsaturated/α-hetero) is 1. The Bertz CT molecular complexity index is 1250. The smallest absolute Gasteiger partial charge is 0.339 e. The van der Waals surface area contributed by atoms with Crippen molar-refractivity contribution in [1.29, 1.82) is 0 Å². The van der Waals surface area contributed by atoms with E-state index in [0.29, 0.717) is 5.56 Å². The van der Waals surface area contributed by atoms with Crippen LogP contribution in [0.15, 0.2) is 23.0 Å². The molecule has 1 aromatic rings. The Hall–Kier alpha value is -2.76. The summed E-state index contributed by atoms with van der Waals surface area (Å²) in [5.41, 5.74) is -6.15. The first kappa shape index (κ1) is 29.7. The Morgan fingerprint density at radius 1 is 1.20 bits per heavy atom. The van der Waals surface area contributed by atoms with Crippen molar-refractivity contribution in [1.82, 2.24) is 0 Å². The van der Waals surface area contributed by atoms with Crippen LogP contribution in [0.5, 0.6) is 0 Å². The van der Waals surface area contributed by atoms with Crippen molar-refractivity contribution in [2.45, 2.75) is 103 Å². The van der Waals surface area contributed by atoms with E-state index in [2.05, 4.69) is 0 Å². The van der Waals surface area contributed by atoms with Crippen molar-refractivity contribution in [2.24, 2.45) is 28.1 Å². The third-order valence-electron chi connectivity index (χ3n) is 10.7. The van der Waals surface area contributed by atoms with Crippen molar-refractivity contribution in [3.05, 3.63) is 24.2 Å². The second kappa shape index (κ2) is 9.37. The van der Waals surface area contributed by atoms with Gasteiger partial charge in [0.15, 0.2) is 6.10 Å². The van der Waals surface area contributed by atoms with Gasteiger partial charge in [0.25, 0.3) is 0 Å². The maximum atomic E-state index is 14.5. The Balaban J connectivity index is 1.72. The van der Waals surface area contributed by atoms with Gasteiger partial charge in [-0.3, -0.25) is 14.4 Å². The zero-order valence-corrected chi connectivity index (χ0v) is 24.6. The highest BCUT2D eigenvalue weighted by atomic mass is 16.7. The molecule has 0 aromatic carbocycles. The fourth-order valence-corrected chi connectivity index (χ4v) is 9.22. The fraction of sp³-hybridized carbons (Fsp3) is 0.733. The minimum atomic E-state index is -1.49. The predicted molar refractivity (Wildman–Crippen MR) is 140 cm³/mol. The molecule has 0 amide bonds. The van der Waals surface area contributed by atoms with Crippen LogP contribution in [0.25, 0.3) is 0 Å². The lowest BCUT2D eigenvalue weighted by Crippen LogP contribution is -2.76. The molecule has 1 aromatic heterocycles. The van der Waals surface area contributed by atoms with E-state index in [0.717, 1.165) is 0 Å². The van der Waals surface area contributed by atoms with Gasteiger partial charge in [-0.2, -0.15) is 0 Å². The molecule has 2 N–H and O–H groups in total. The number of carbonyl (C=O) groups is 4. The molecule has 0 unspecified atom stereocenters. The van der Waals surface area contributed by atoms with Crippen LogP contribution in [-0.4, -0.2) is 70.0 Å². The summed E-state index contributed by atoms with van der Waals surface area (Å²) in [6, 6.07) is 1.67. The van der Waals surface area contributed by atoms with Crippen molar-refractivity contribution in [3.63, 3.8) is 0 Å². The van der Waals surface area contributed by atoms with Crippen LogP contribution < -0.4 is 0 Å². The number of hydrogen-bond donors (Lipinski definition) is 2. The first-order valence-corrected chi connectivity index (χ1v) is 14.2. The van der Waals surface area contributed by atoms with E-state index in [9.17, 15) is 29.4 Å². The average molecular weight is 577 g/mol. The Kier molecular flexibility index (Phi) is 6.79. The van der Waals surface area contributed by atoms with Crippen LogP contribution in [-0.2, 0) is 38.1 Å². The third-order valence-corrected chi connectivity index (χ3v) is 10.7. The highest BCUT2D eigenvalue weighted by Gasteiger charge is 2.90. The quantitative estimate of drug-likeness (QED) is 0.279. The van der Waals surface area contributed by atoms with Crippen molar-refractivity contribution in [2.75, 3.05) is 6.61 Å². The fourth-order valence-electron chi connectivity index (χ4n) is 9.22. The standard InChI is InChI=1S/C30H40O11/c1-8-38-21(34)12-20(39-15(2)31)28(6)18(26(3,4)36)11-19(33)29(7)22(28)17(32)13-27(5)23(16-9-10-37-14-16)40-25(35)24-30(27,29)41-24/h9-10,14,17-18,20,22-24,32,36H,8,11-13H2,1-7H3/t17-,18-,20-,22+,23-,24+,27-,28+,29+,30+/m0/s1. The van der Waals surface area contributed by atoms with Gasteiger partial charge in [-0.25, -0.2) is 4.79 Å². The lowest BCUT2D eigenvalue weighted by Gasteiger charge is -2.67. The maximum absolute atomic E-state index is 14.5. The molecule has 2 aliphatic heterocycles. The number of epoxide rings is 1. The second-order valence-corrected chi connectivity index (χ2v) is 13.3. The van der Waals surface area contributed by atoms with Gasteiger partial charge in [-0.1, -0.05) is 13.8 Å². The molecule has 1 spiro atoms. The molecule has 226 valence electrons. The number of fused-ring (bicyclic) bond motifs is 1. The molecule has 41 heavy (non-hydrogen) atoms. The number of ketones is 1. The van der Waals surface area contributed by atoms with Crippen LogP contribution in [0.3, 0.4) is 0 Å². The van der Waals surface area contributed by atoms with Gasteiger partial charge < -0.3 is 33.6 Å². The number of aliphatic hydroxyl groups is 2. The first-order valence-electron chi connectivity index (χ1n) is 14.2. The van der Waals surface area contributed by atoms with Crippen LogP contribution in [0.1, 0.15) is 79.4 Å². The van der Waals surface area contributed by atoms with E-state index in [1.807, 2.05) is 6.92 Å². The lowest BCUT2D eigenvalue weighted by atomic mass is 9.36. The van der Waals surface area contributed by atoms with Crippen LogP contribution in [0, 0.1) is 28.1 Å². The summed E-state index contributed by atoms with van der Waals surface area (Å²) in [4.78, 5) is 53.0. The first-order chi connectivity index (χ1) is 19.0. The summed E-state index contributed by atoms with van der Waals surface area (Å²) < 4.78 is 28.4. The summed E-state index contributed by atoms with van der Waals surface area (Å²) >= 11 is 0. The predicted octanol–water partition coefficient (Wildman–Crippen LogP) is 2.66. The molecule has 5 rings (SSSR count). The zero-order chi connectivity index (χ0) is 30.3. The van der Waals surface area contributed by atoms with Gasteiger partial charge in [0.2, 0.25) is 0 Å². The van der Waals surface area contributed by atoms with E-state index in [4.69, 9.17) is 23.4 Å². The molecule has 11 heteroatoms. The molecule has 10 atom stereocenters. The van der Waals surface area contributed by atoms with Crippen molar-refractivity contribution < 1.29 is 52.8 Å². The number of esters is 3. The number of carbonyl (C=O) groups excluding carboxylic acids is 4. The molecular weight excluding hydrogens is 536 g/mol. The number of aliphatic hydroxyl groups excluding tert-OH is 1. The van der Waals surface area contributed by atoms with E-state index in [1.54, 1.807) is 40.7 Å². The monoisotopic (exact) mass is 576 g/mol. The number of cyclic esters (lactones) is 1. The molecule has 2 aliphatic carbocycles. The van der Waals surface area contributed by atoms with E-state index >= 15 is 0 Å². The van der Waals surface area contributed by atoms with Gasteiger partial charge in [-0.15, -0.1) is 0 Å². The molecule has 2 saturated heterocycles. The van der Waals surface area contributed by atoms with Crippen molar-refractivity contribution >= 4 is 23.7 Å². The maximum Gasteiger partial charge on any atom is 0.339 e. The molecule has 4 aliphatic rings. The van der Waals surface area contributed by atoms with E-state index in [1.165, 1.54) is 19.5 Å². The van der Waals surface area contributed by atoms with E-state index in [-0.39, 0.29) is 31.7 Å². The Labute approximate surface area is 238 Å². The molecular formula is C30H40O11. The summed E-state index contributed by atoms with van der Waals surface area (Å²) in [6.07, 6.45) is -1.83. The van der Waals surface area contributed by atoms with Gasteiger partial charge in [0, 0.05) is 41.6 Å². The normalized spacial score (nSPS) is 42.2. The molecule has 4 fully saturated rings. The summed E-state index contributed by atoms with van der Waals surface area (Å²) in [5, 5.41) is 23.6. The molecule has 0 radical (unpaired) electrons. The van der Waals surface area contributed by atoms with Gasteiger partial charge in [0.05, 0.1) is 42.7 Å². The summed E-state index contributed by atoms with van der Waals surface area (Å²) in [6.45, 7) is 11.4. The lowest BCUT2D eigenvalue weighted by molar-refractivity contribution is -0.264. The molecule has 0 bridgehead atoms. The van der Waals surface area contributed by atoms with Gasteiger partial charge >= 0.3 is 17.9 Å². The van der Waals surface area contributed by atoms with Crippen LogP contribution in [0.4, 0.5) is 0 Å². The largest absolute Gasteiger partial charge is 0.472 e. The van der Waals surface area contributed by atoms with E-state index < -0.39 is 81.6 Å². The van der Waals surface area contributed by atoms with Gasteiger partial charge in [0.1, 0.15) is 23.6 Å². The van der Waals surface area contributed by atoms with Crippen LogP contribution >= 0.6 is 0 Å². The minimum Gasteiger partial charge on any atom is -0.472 e. The summed E-state index contributed by atoms with van der Waals surface area (Å²) in [7, 11) is 0. The number of ether oxygens (including phenoxy) is 4. The van der Waals surface area contributed by atoms with Crippen molar-refractivity contribution in [3.8, 4) is 0 Å². The Morgan fingerprint density at radius 3 is 2.44 bits per heavy atom. The number of hydrogen-bond acceptors (Lipinski definition) is 11. The highest BCUT2D eigenvalue weighted by Crippen LogP contribution is 2.78. The summed E-state index contributed by atoms with van der Waals surface area (Å²) in [5.74, 6) is -4.02. The molecule has 3 heterocycles. The topological polar surface area (TPSA) is 162 Å². The minimum absolute atomic E-state index is 0.0561. The third kappa shape index (κ3) is 3.88.